The largest absolute Gasteiger partial charge is 0.482 e. The van der Waals surface area contributed by atoms with Gasteiger partial charge in [-0.2, -0.15) is 0 Å². The van der Waals surface area contributed by atoms with Crippen LogP contribution in [-0.4, -0.2) is 75.6 Å². The van der Waals surface area contributed by atoms with Gasteiger partial charge in [-0.3, -0.25) is 14.4 Å². The fraction of sp³-hybridized carbons (Fsp3) is 0.345. The maximum Gasteiger partial charge on any atom is 0.290 e. The number of benzene rings is 2. The Bertz CT molecular complexity index is 1340. The van der Waals surface area contributed by atoms with Crippen LogP contribution >= 0.6 is 22.6 Å². The number of para-hydroxylation sites is 2. The SMILES string of the molecule is CCC(=O)C(=O)N(CCc1cc2ccccc2[nH]1)C1CC(C(=O)NCCO)=CC(Oc2ccccc2I)C1O. The van der Waals surface area contributed by atoms with Gasteiger partial charge in [0.1, 0.15) is 18.0 Å². The van der Waals surface area contributed by atoms with Crippen molar-refractivity contribution in [3.8, 4) is 5.75 Å². The first-order valence-electron chi connectivity index (χ1n) is 12.9. The number of amides is 2. The van der Waals surface area contributed by atoms with Gasteiger partial charge in [0, 0.05) is 49.1 Å². The number of halogens is 1. The highest BCUT2D eigenvalue weighted by atomic mass is 127. The molecule has 3 aromatic rings. The van der Waals surface area contributed by atoms with Crippen molar-refractivity contribution < 1.29 is 29.3 Å². The Balaban J connectivity index is 1.65. The summed E-state index contributed by atoms with van der Waals surface area (Å²) >= 11 is 2.12. The number of aromatic amines is 1. The van der Waals surface area contributed by atoms with E-state index >= 15 is 0 Å². The van der Waals surface area contributed by atoms with E-state index in [0.29, 0.717) is 17.7 Å². The first-order valence-corrected chi connectivity index (χ1v) is 14.0. The number of fused-ring (bicyclic) bond motifs is 1. The fourth-order valence-corrected chi connectivity index (χ4v) is 5.22. The number of carbonyl (C=O) groups is 3. The van der Waals surface area contributed by atoms with Crippen molar-refractivity contribution in [2.75, 3.05) is 19.7 Å². The van der Waals surface area contributed by atoms with Crippen LogP contribution in [0.15, 0.2) is 66.2 Å². The summed E-state index contributed by atoms with van der Waals surface area (Å²) < 4.78 is 6.96. The second kappa shape index (κ2) is 13.2. The highest BCUT2D eigenvalue weighted by Crippen LogP contribution is 2.30. The molecule has 2 amide bonds. The van der Waals surface area contributed by atoms with E-state index in [4.69, 9.17) is 4.74 Å². The molecule has 0 saturated heterocycles. The molecule has 3 atom stereocenters. The predicted molar refractivity (Wildman–Crippen MR) is 155 cm³/mol. The first kappa shape index (κ1) is 28.8. The number of nitrogens with zero attached hydrogens (tertiary/aromatic N) is 1. The fourth-order valence-electron chi connectivity index (χ4n) is 4.70. The van der Waals surface area contributed by atoms with E-state index in [1.165, 1.54) is 4.90 Å². The molecule has 1 aliphatic carbocycles. The quantitative estimate of drug-likeness (QED) is 0.188. The number of rotatable bonds is 11. The average Bonchev–Trinajstić information content (AvgIpc) is 3.37. The molecule has 3 unspecified atom stereocenters. The van der Waals surface area contributed by atoms with Crippen LogP contribution in [0.5, 0.6) is 5.75 Å². The molecule has 0 aliphatic heterocycles. The summed E-state index contributed by atoms with van der Waals surface area (Å²) in [6.07, 6.45) is -0.134. The van der Waals surface area contributed by atoms with Crippen LogP contribution in [0.3, 0.4) is 0 Å². The van der Waals surface area contributed by atoms with Crippen molar-refractivity contribution >= 4 is 51.1 Å². The molecule has 0 fully saturated rings. The smallest absolute Gasteiger partial charge is 0.290 e. The number of hydrogen-bond acceptors (Lipinski definition) is 6. The number of Topliss-reactive ketones (excluding diaryl/α,β-unsaturated/α-hetero) is 1. The molecule has 0 spiro atoms. The van der Waals surface area contributed by atoms with Gasteiger partial charge in [-0.1, -0.05) is 37.3 Å². The molecule has 1 heterocycles. The monoisotopic (exact) mass is 645 g/mol. The molecule has 1 aromatic heterocycles. The Labute approximate surface area is 240 Å². The van der Waals surface area contributed by atoms with Crippen molar-refractivity contribution in [3.63, 3.8) is 0 Å². The minimum atomic E-state index is -1.20. The van der Waals surface area contributed by atoms with Gasteiger partial charge in [-0.25, -0.2) is 0 Å². The summed E-state index contributed by atoms with van der Waals surface area (Å²) in [5.74, 6) is -1.19. The summed E-state index contributed by atoms with van der Waals surface area (Å²) in [5, 5.41) is 24.3. The maximum atomic E-state index is 13.3. The molecule has 9 nitrogen and oxygen atoms in total. The van der Waals surface area contributed by atoms with Crippen molar-refractivity contribution in [1.82, 2.24) is 15.2 Å². The van der Waals surface area contributed by atoms with Crippen LogP contribution in [0, 0.1) is 3.57 Å². The zero-order chi connectivity index (χ0) is 27.9. The van der Waals surface area contributed by atoms with Gasteiger partial charge < -0.3 is 30.2 Å². The number of aromatic nitrogens is 1. The number of ketones is 1. The molecule has 2 aromatic carbocycles. The third kappa shape index (κ3) is 6.87. The molecular formula is C29H32IN3O6. The highest BCUT2D eigenvalue weighted by molar-refractivity contribution is 14.1. The molecule has 39 heavy (non-hydrogen) atoms. The summed E-state index contributed by atoms with van der Waals surface area (Å²) in [6.45, 7) is 1.60. The summed E-state index contributed by atoms with van der Waals surface area (Å²) in [7, 11) is 0. The number of aliphatic hydroxyl groups excluding tert-OH is 2. The Morgan fingerprint density at radius 3 is 2.62 bits per heavy atom. The van der Waals surface area contributed by atoms with Gasteiger partial charge in [0.2, 0.25) is 11.7 Å². The van der Waals surface area contributed by atoms with Gasteiger partial charge in [-0.05, 0) is 58.3 Å². The number of nitrogens with one attached hydrogen (secondary N) is 2. The van der Waals surface area contributed by atoms with Crippen molar-refractivity contribution in [3.05, 3.63) is 75.5 Å². The topological polar surface area (TPSA) is 132 Å². The Morgan fingerprint density at radius 1 is 1.15 bits per heavy atom. The Kier molecular flexibility index (Phi) is 9.76. The lowest BCUT2D eigenvalue weighted by atomic mass is 9.87. The lowest BCUT2D eigenvalue weighted by Crippen LogP contribution is -2.56. The number of hydrogen-bond donors (Lipinski definition) is 4. The van der Waals surface area contributed by atoms with Crippen LogP contribution in [0.25, 0.3) is 10.9 Å². The number of carbonyl (C=O) groups excluding carboxylic acids is 3. The standard InChI is InChI=1S/C29H32IN3O6/c1-2-24(35)29(38)33(13-11-20-15-18-7-3-5-9-22(18)32-20)23-16-19(28(37)31-12-14-34)17-26(27(23)36)39-25-10-6-4-8-21(25)30/h3-10,15,17,23,26-27,32,34,36H,2,11-14,16H2,1H3,(H,31,37). The maximum absolute atomic E-state index is 13.3. The van der Waals surface area contributed by atoms with Crippen LogP contribution in [-0.2, 0) is 20.8 Å². The third-order valence-corrected chi connectivity index (χ3v) is 7.63. The average molecular weight is 645 g/mol. The zero-order valence-electron chi connectivity index (χ0n) is 21.6. The van der Waals surface area contributed by atoms with Gasteiger partial charge in [0.05, 0.1) is 16.2 Å². The predicted octanol–water partition coefficient (Wildman–Crippen LogP) is 2.74. The number of H-pyrrole nitrogens is 1. The van der Waals surface area contributed by atoms with E-state index in [-0.39, 0.29) is 32.5 Å². The van der Waals surface area contributed by atoms with Gasteiger partial charge in [0.25, 0.3) is 5.91 Å². The van der Waals surface area contributed by atoms with E-state index < -0.39 is 35.8 Å². The second-order valence-corrected chi connectivity index (χ2v) is 10.5. The molecule has 0 radical (unpaired) electrons. The van der Waals surface area contributed by atoms with Crippen LogP contribution in [0.4, 0.5) is 0 Å². The lowest BCUT2D eigenvalue weighted by Gasteiger charge is -2.40. The normalized spacial score (nSPS) is 18.9. The summed E-state index contributed by atoms with van der Waals surface area (Å²) in [4.78, 5) is 43.6. The Hall–Kier alpha value is -3.22. The molecular weight excluding hydrogens is 613 g/mol. The minimum Gasteiger partial charge on any atom is -0.482 e. The Morgan fingerprint density at radius 2 is 1.90 bits per heavy atom. The van der Waals surface area contributed by atoms with E-state index in [1.54, 1.807) is 25.1 Å². The van der Waals surface area contributed by atoms with Crippen LogP contribution in [0.1, 0.15) is 25.5 Å². The van der Waals surface area contributed by atoms with Gasteiger partial charge in [-0.15, -0.1) is 0 Å². The van der Waals surface area contributed by atoms with Crippen molar-refractivity contribution in [1.29, 1.82) is 0 Å². The van der Waals surface area contributed by atoms with E-state index in [2.05, 4.69) is 32.9 Å². The third-order valence-electron chi connectivity index (χ3n) is 6.74. The zero-order valence-corrected chi connectivity index (χ0v) is 23.8. The van der Waals surface area contributed by atoms with Gasteiger partial charge >= 0.3 is 0 Å². The molecule has 4 rings (SSSR count). The lowest BCUT2D eigenvalue weighted by molar-refractivity contribution is -0.149. The molecule has 206 valence electrons. The number of ether oxygens (including phenoxy) is 1. The van der Waals surface area contributed by atoms with E-state index in [1.807, 2.05) is 42.5 Å². The van der Waals surface area contributed by atoms with Crippen molar-refractivity contribution in [2.24, 2.45) is 0 Å². The molecule has 1 aliphatic rings. The summed E-state index contributed by atoms with van der Waals surface area (Å²) in [5.41, 5.74) is 2.15. The minimum absolute atomic E-state index is 0.0202. The van der Waals surface area contributed by atoms with Crippen LogP contribution in [0.2, 0.25) is 0 Å². The molecule has 10 heteroatoms. The second-order valence-electron chi connectivity index (χ2n) is 9.35. The summed E-state index contributed by atoms with van der Waals surface area (Å²) in [6, 6.07) is 16.2. The highest BCUT2D eigenvalue weighted by Gasteiger charge is 2.41. The molecule has 4 N–H and O–H groups in total. The van der Waals surface area contributed by atoms with Crippen molar-refractivity contribution in [2.45, 2.75) is 44.4 Å². The number of aliphatic hydroxyl groups is 2. The van der Waals surface area contributed by atoms with E-state index in [9.17, 15) is 24.6 Å². The van der Waals surface area contributed by atoms with E-state index in [0.717, 1.165) is 20.2 Å². The molecule has 0 bridgehead atoms. The van der Waals surface area contributed by atoms with Crippen LogP contribution < -0.4 is 10.1 Å². The molecule has 0 saturated carbocycles. The van der Waals surface area contributed by atoms with Gasteiger partial charge in [0.15, 0.2) is 0 Å². The first-order chi connectivity index (χ1) is 18.8.